The van der Waals surface area contributed by atoms with Gasteiger partial charge in [0.15, 0.2) is 0 Å². The molecule has 0 saturated heterocycles. The summed E-state index contributed by atoms with van der Waals surface area (Å²) in [4.78, 5) is 10.3. The number of rotatable bonds is 6. The largest absolute Gasteiger partial charge is 0.480 e. The van der Waals surface area contributed by atoms with Gasteiger partial charge in [0, 0.05) is 5.75 Å². The maximum absolute atomic E-state index is 10.3. The first-order valence-corrected chi connectivity index (χ1v) is 5.39. The Labute approximate surface area is 83.4 Å². The van der Waals surface area contributed by atoms with Crippen molar-refractivity contribution in [3.63, 3.8) is 0 Å². The van der Waals surface area contributed by atoms with Crippen LogP contribution in [0.15, 0.2) is 11.6 Å². The molecule has 3 nitrogen and oxygen atoms in total. The average Bonchev–Trinajstić information content (AvgIpc) is 2.02. The molecule has 0 spiro atoms. The molecule has 0 aliphatic heterocycles. The molecule has 0 fully saturated rings. The molecule has 0 aromatic heterocycles. The number of nitrogens with two attached hydrogens (primary N) is 1. The van der Waals surface area contributed by atoms with Crippen LogP contribution in [0, 0.1) is 0 Å². The van der Waals surface area contributed by atoms with Crippen LogP contribution in [0.5, 0.6) is 0 Å². The van der Waals surface area contributed by atoms with Crippen LogP contribution in [-0.4, -0.2) is 28.6 Å². The van der Waals surface area contributed by atoms with E-state index in [0.29, 0.717) is 6.42 Å². The third kappa shape index (κ3) is 7.87. The topological polar surface area (TPSA) is 63.3 Å². The number of hydrogen-bond donors (Lipinski definition) is 2. The second-order valence-corrected chi connectivity index (χ2v) is 4.24. The van der Waals surface area contributed by atoms with Gasteiger partial charge < -0.3 is 10.8 Å². The first kappa shape index (κ1) is 12.5. The van der Waals surface area contributed by atoms with Crippen molar-refractivity contribution >= 4 is 17.7 Å². The molecule has 0 aromatic rings. The highest BCUT2D eigenvalue weighted by Crippen LogP contribution is 2.05. The molecule has 0 aromatic carbocycles. The standard InChI is InChI=1S/C9H17NO2S/c1-7(2)3-5-13-6-4-8(10)9(11)12/h3,8H,4-6,10H2,1-2H3,(H,11,12). The predicted octanol–water partition coefficient (Wildman–Crippen LogP) is 1.49. The lowest BCUT2D eigenvalue weighted by Crippen LogP contribution is -2.30. The van der Waals surface area contributed by atoms with E-state index in [1.54, 1.807) is 11.8 Å². The number of carboxylic acid groups (broad SMARTS) is 1. The van der Waals surface area contributed by atoms with Crippen LogP contribution in [0.1, 0.15) is 20.3 Å². The third-order valence-corrected chi connectivity index (χ3v) is 2.43. The van der Waals surface area contributed by atoms with Crippen LogP contribution in [0.4, 0.5) is 0 Å². The minimum absolute atomic E-state index is 0.538. The molecule has 3 N–H and O–H groups in total. The van der Waals surface area contributed by atoms with E-state index in [9.17, 15) is 4.79 Å². The Morgan fingerprint density at radius 1 is 1.62 bits per heavy atom. The van der Waals surface area contributed by atoms with Crippen molar-refractivity contribution < 1.29 is 9.90 Å². The van der Waals surface area contributed by atoms with Crippen LogP contribution in [0.3, 0.4) is 0 Å². The Morgan fingerprint density at radius 3 is 2.69 bits per heavy atom. The van der Waals surface area contributed by atoms with Crippen LogP contribution < -0.4 is 5.73 Å². The lowest BCUT2D eigenvalue weighted by molar-refractivity contribution is -0.138. The summed E-state index contributed by atoms with van der Waals surface area (Å²) < 4.78 is 0. The molecule has 0 heterocycles. The molecule has 0 aliphatic rings. The van der Waals surface area contributed by atoms with E-state index in [2.05, 4.69) is 6.08 Å². The van der Waals surface area contributed by atoms with Crippen molar-refractivity contribution in [3.05, 3.63) is 11.6 Å². The molecule has 1 atom stereocenters. The van der Waals surface area contributed by atoms with Gasteiger partial charge in [-0.1, -0.05) is 11.6 Å². The van der Waals surface area contributed by atoms with Crippen molar-refractivity contribution in [1.82, 2.24) is 0 Å². The van der Waals surface area contributed by atoms with Gasteiger partial charge in [0.2, 0.25) is 0 Å². The minimum Gasteiger partial charge on any atom is -0.480 e. The van der Waals surface area contributed by atoms with Crippen LogP contribution >= 0.6 is 11.8 Å². The van der Waals surface area contributed by atoms with Gasteiger partial charge >= 0.3 is 5.97 Å². The number of hydrogen-bond acceptors (Lipinski definition) is 3. The van der Waals surface area contributed by atoms with Crippen LogP contribution in [0.25, 0.3) is 0 Å². The van der Waals surface area contributed by atoms with Gasteiger partial charge in [-0.25, -0.2) is 0 Å². The van der Waals surface area contributed by atoms with E-state index in [-0.39, 0.29) is 0 Å². The van der Waals surface area contributed by atoms with Crippen molar-refractivity contribution in [2.45, 2.75) is 26.3 Å². The zero-order valence-electron chi connectivity index (χ0n) is 8.12. The van der Waals surface area contributed by atoms with Crippen molar-refractivity contribution in [2.24, 2.45) is 5.73 Å². The molecule has 0 saturated carbocycles. The van der Waals surface area contributed by atoms with Gasteiger partial charge in [-0.2, -0.15) is 11.8 Å². The molecule has 4 heteroatoms. The third-order valence-electron chi connectivity index (χ3n) is 1.50. The Hall–Kier alpha value is -0.480. The number of allylic oxidation sites excluding steroid dienone is 1. The highest BCUT2D eigenvalue weighted by Gasteiger charge is 2.09. The van der Waals surface area contributed by atoms with E-state index in [1.807, 2.05) is 13.8 Å². The van der Waals surface area contributed by atoms with Gasteiger partial charge in [-0.05, 0) is 26.0 Å². The summed E-state index contributed by atoms with van der Waals surface area (Å²) in [5.41, 5.74) is 6.62. The molecule has 13 heavy (non-hydrogen) atoms. The predicted molar refractivity (Wildman–Crippen MR) is 57.0 cm³/mol. The van der Waals surface area contributed by atoms with Gasteiger partial charge in [0.25, 0.3) is 0 Å². The summed E-state index contributed by atoms with van der Waals surface area (Å²) in [6, 6.07) is -0.709. The monoisotopic (exact) mass is 203 g/mol. The summed E-state index contributed by atoms with van der Waals surface area (Å²) in [5, 5.41) is 8.48. The van der Waals surface area contributed by atoms with Crippen LogP contribution in [0.2, 0.25) is 0 Å². The zero-order chi connectivity index (χ0) is 10.3. The van der Waals surface area contributed by atoms with Crippen molar-refractivity contribution in [3.8, 4) is 0 Å². The molecular weight excluding hydrogens is 186 g/mol. The summed E-state index contributed by atoms with van der Waals surface area (Å²) in [6.45, 7) is 4.09. The molecule has 0 radical (unpaired) electrons. The van der Waals surface area contributed by atoms with Gasteiger partial charge in [0.1, 0.15) is 6.04 Å². The normalized spacial score (nSPS) is 12.2. The molecule has 0 amide bonds. The number of carboxylic acids is 1. The molecule has 0 aliphatic carbocycles. The zero-order valence-corrected chi connectivity index (χ0v) is 8.93. The number of thioether (sulfide) groups is 1. The Morgan fingerprint density at radius 2 is 2.23 bits per heavy atom. The molecule has 0 bridgehead atoms. The molecule has 1 unspecified atom stereocenters. The van der Waals surface area contributed by atoms with E-state index >= 15 is 0 Å². The highest BCUT2D eigenvalue weighted by atomic mass is 32.2. The van der Waals surface area contributed by atoms with Crippen LogP contribution in [-0.2, 0) is 4.79 Å². The fourth-order valence-electron chi connectivity index (χ4n) is 0.643. The van der Waals surface area contributed by atoms with E-state index < -0.39 is 12.0 Å². The smallest absolute Gasteiger partial charge is 0.320 e. The van der Waals surface area contributed by atoms with Crippen molar-refractivity contribution in [1.29, 1.82) is 0 Å². The molecule has 0 rings (SSSR count). The number of aliphatic carboxylic acids is 1. The minimum atomic E-state index is -0.914. The molecular formula is C9H17NO2S. The molecule has 76 valence electrons. The SMILES string of the molecule is CC(C)=CCSCCC(N)C(=O)O. The first-order valence-electron chi connectivity index (χ1n) is 4.23. The number of carbonyl (C=O) groups is 1. The fourth-order valence-corrected chi connectivity index (χ4v) is 1.68. The highest BCUT2D eigenvalue weighted by molar-refractivity contribution is 7.99. The van der Waals surface area contributed by atoms with E-state index in [1.165, 1.54) is 5.57 Å². The summed E-state index contributed by atoms with van der Waals surface area (Å²) >= 11 is 1.71. The fraction of sp³-hybridized carbons (Fsp3) is 0.667. The summed E-state index contributed by atoms with van der Waals surface area (Å²) in [6.07, 6.45) is 2.66. The second-order valence-electron chi connectivity index (χ2n) is 3.09. The lowest BCUT2D eigenvalue weighted by atomic mass is 10.2. The maximum atomic E-state index is 10.3. The summed E-state index contributed by atoms with van der Waals surface area (Å²) in [5.74, 6) is 0.828. The van der Waals surface area contributed by atoms with E-state index in [4.69, 9.17) is 10.8 Å². The summed E-state index contributed by atoms with van der Waals surface area (Å²) in [7, 11) is 0. The maximum Gasteiger partial charge on any atom is 0.320 e. The Balaban J connectivity index is 3.36. The average molecular weight is 203 g/mol. The van der Waals surface area contributed by atoms with Gasteiger partial charge in [-0.15, -0.1) is 0 Å². The van der Waals surface area contributed by atoms with E-state index in [0.717, 1.165) is 11.5 Å². The van der Waals surface area contributed by atoms with Crippen molar-refractivity contribution in [2.75, 3.05) is 11.5 Å². The second kappa shape index (κ2) is 6.97. The lowest BCUT2D eigenvalue weighted by Gasteiger charge is -2.04. The van der Waals surface area contributed by atoms with Gasteiger partial charge in [-0.3, -0.25) is 4.79 Å². The Kier molecular flexibility index (Phi) is 6.72. The quantitative estimate of drug-likeness (QED) is 0.507. The first-order chi connectivity index (χ1) is 6.04. The van der Waals surface area contributed by atoms with Gasteiger partial charge in [0.05, 0.1) is 0 Å². The Bertz CT molecular complexity index is 188.